The first-order valence-corrected chi connectivity index (χ1v) is 6.35. The molecule has 15 heavy (non-hydrogen) atoms. The van der Waals surface area contributed by atoms with E-state index in [1.807, 2.05) is 6.92 Å². The lowest BCUT2D eigenvalue weighted by atomic mass is 10.2. The van der Waals surface area contributed by atoms with E-state index in [4.69, 9.17) is 23.2 Å². The lowest BCUT2D eigenvalue weighted by Crippen LogP contribution is -1.96. The van der Waals surface area contributed by atoms with Gasteiger partial charge in [0.25, 0.3) is 0 Å². The lowest BCUT2D eigenvalue weighted by molar-refractivity contribution is 0.104. The summed E-state index contributed by atoms with van der Waals surface area (Å²) < 4.78 is 4.99. The number of rotatable bonds is 2. The molecule has 78 valence electrons. The van der Waals surface area contributed by atoms with Crippen molar-refractivity contribution in [2.45, 2.75) is 6.92 Å². The van der Waals surface area contributed by atoms with Gasteiger partial charge in [-0.3, -0.25) is 4.79 Å². The Kier molecular flexibility index (Phi) is 3.11. The third-order valence-electron chi connectivity index (χ3n) is 1.75. The zero-order valence-electron chi connectivity index (χ0n) is 7.58. The number of thiophene rings is 1. The largest absolute Gasteiger partial charge is 0.288 e. The lowest BCUT2D eigenvalue weighted by Gasteiger charge is -1.92. The van der Waals surface area contributed by atoms with Gasteiger partial charge in [0.05, 0.1) is 20.5 Å². The normalized spacial score (nSPS) is 10.6. The van der Waals surface area contributed by atoms with Gasteiger partial charge >= 0.3 is 0 Å². The molecule has 0 saturated carbocycles. The molecule has 2 rings (SSSR count). The van der Waals surface area contributed by atoms with Crippen molar-refractivity contribution in [3.63, 3.8) is 0 Å². The van der Waals surface area contributed by atoms with Crippen molar-refractivity contribution >= 4 is 51.9 Å². The average molecular weight is 278 g/mol. The van der Waals surface area contributed by atoms with E-state index >= 15 is 0 Å². The molecule has 0 aliphatic heterocycles. The fraction of sp³-hybridized carbons (Fsp3) is 0.111. The fourth-order valence-electron chi connectivity index (χ4n) is 1.10. The Balaban J connectivity index is 2.40. The summed E-state index contributed by atoms with van der Waals surface area (Å²) in [6.07, 6.45) is 0. The molecular weight excluding hydrogens is 273 g/mol. The van der Waals surface area contributed by atoms with Crippen LogP contribution in [0.4, 0.5) is 0 Å². The van der Waals surface area contributed by atoms with Crippen LogP contribution in [-0.2, 0) is 0 Å². The summed E-state index contributed by atoms with van der Waals surface area (Å²) in [5, 5.41) is 0. The molecule has 0 unspecified atom stereocenters. The SMILES string of the molecule is Cc1cc(C(=O)c2cc(Cl)sc2Cl)sn1. The predicted molar refractivity (Wildman–Crippen MR) is 64.6 cm³/mol. The standard InChI is InChI=1S/C9H5Cl2NOS2/c1-4-2-6(15-12-4)8(13)5-3-7(10)14-9(5)11/h2-3H,1H3. The Morgan fingerprint density at radius 1 is 1.40 bits per heavy atom. The number of aromatic nitrogens is 1. The van der Waals surface area contributed by atoms with Gasteiger partial charge in [-0.2, -0.15) is 4.37 Å². The third-order valence-corrected chi connectivity index (χ3v) is 4.12. The van der Waals surface area contributed by atoms with Crippen molar-refractivity contribution in [3.05, 3.63) is 36.9 Å². The van der Waals surface area contributed by atoms with Crippen molar-refractivity contribution in [2.24, 2.45) is 0 Å². The Bertz CT molecular complexity index is 518. The molecule has 0 saturated heterocycles. The molecule has 0 aliphatic carbocycles. The van der Waals surface area contributed by atoms with Crippen LogP contribution in [0.1, 0.15) is 20.9 Å². The van der Waals surface area contributed by atoms with E-state index in [0.29, 0.717) is 19.1 Å². The van der Waals surface area contributed by atoms with Gasteiger partial charge in [-0.25, -0.2) is 0 Å². The molecule has 0 radical (unpaired) electrons. The van der Waals surface area contributed by atoms with Crippen LogP contribution in [0.3, 0.4) is 0 Å². The van der Waals surface area contributed by atoms with Crippen molar-refractivity contribution in [2.75, 3.05) is 0 Å². The molecule has 0 spiro atoms. The summed E-state index contributed by atoms with van der Waals surface area (Å²) >= 11 is 14.0. The van der Waals surface area contributed by atoms with Crippen molar-refractivity contribution in [1.82, 2.24) is 4.37 Å². The second-order valence-corrected chi connectivity index (χ2v) is 5.99. The molecule has 0 amide bonds. The van der Waals surface area contributed by atoms with Crippen LogP contribution in [0.25, 0.3) is 0 Å². The molecule has 0 atom stereocenters. The van der Waals surface area contributed by atoms with Gasteiger partial charge in [0.1, 0.15) is 4.34 Å². The predicted octanol–water partition coefficient (Wildman–Crippen LogP) is 4.05. The Morgan fingerprint density at radius 2 is 2.13 bits per heavy atom. The molecule has 0 fully saturated rings. The summed E-state index contributed by atoms with van der Waals surface area (Å²) in [7, 11) is 0. The number of hydrogen-bond donors (Lipinski definition) is 0. The molecule has 0 aliphatic rings. The van der Waals surface area contributed by atoms with Gasteiger partial charge in [-0.1, -0.05) is 23.2 Å². The maximum absolute atomic E-state index is 11.9. The quantitative estimate of drug-likeness (QED) is 0.776. The van der Waals surface area contributed by atoms with E-state index in [0.717, 1.165) is 5.69 Å². The van der Waals surface area contributed by atoms with E-state index in [2.05, 4.69) is 4.37 Å². The van der Waals surface area contributed by atoms with E-state index < -0.39 is 0 Å². The minimum Gasteiger partial charge on any atom is -0.288 e. The third kappa shape index (κ3) is 2.23. The Labute approximate surface area is 105 Å². The van der Waals surface area contributed by atoms with Crippen molar-refractivity contribution in [1.29, 1.82) is 0 Å². The highest BCUT2D eigenvalue weighted by atomic mass is 35.5. The molecular formula is C9H5Cl2NOS2. The van der Waals surface area contributed by atoms with Gasteiger partial charge < -0.3 is 0 Å². The summed E-state index contributed by atoms with van der Waals surface area (Å²) in [6.45, 7) is 1.84. The topological polar surface area (TPSA) is 30.0 Å². The van der Waals surface area contributed by atoms with Crippen LogP contribution in [0, 0.1) is 6.92 Å². The van der Waals surface area contributed by atoms with E-state index in [9.17, 15) is 4.79 Å². The van der Waals surface area contributed by atoms with E-state index in [1.54, 1.807) is 12.1 Å². The molecule has 2 heterocycles. The smallest absolute Gasteiger partial charge is 0.206 e. The van der Waals surface area contributed by atoms with Crippen LogP contribution >= 0.6 is 46.1 Å². The number of ketones is 1. The van der Waals surface area contributed by atoms with Gasteiger partial charge in [0.15, 0.2) is 0 Å². The summed E-state index contributed by atoms with van der Waals surface area (Å²) in [6, 6.07) is 3.33. The monoisotopic (exact) mass is 277 g/mol. The zero-order valence-corrected chi connectivity index (χ0v) is 10.7. The highest BCUT2D eigenvalue weighted by Gasteiger charge is 2.17. The van der Waals surface area contributed by atoms with Crippen LogP contribution in [0.15, 0.2) is 12.1 Å². The van der Waals surface area contributed by atoms with E-state index in [-0.39, 0.29) is 5.78 Å². The summed E-state index contributed by atoms with van der Waals surface area (Å²) in [5.74, 6) is -0.117. The van der Waals surface area contributed by atoms with Crippen LogP contribution < -0.4 is 0 Å². The summed E-state index contributed by atoms with van der Waals surface area (Å²) in [4.78, 5) is 12.5. The van der Waals surface area contributed by atoms with E-state index in [1.165, 1.54) is 22.9 Å². The highest BCUT2D eigenvalue weighted by Crippen LogP contribution is 2.33. The first-order valence-electron chi connectivity index (χ1n) is 4.01. The Hall–Kier alpha value is -0.420. The van der Waals surface area contributed by atoms with Gasteiger partial charge in [-0.05, 0) is 30.6 Å². The fourth-order valence-corrected chi connectivity index (χ4v) is 3.27. The zero-order chi connectivity index (χ0) is 11.0. The van der Waals surface area contributed by atoms with Crippen LogP contribution in [-0.4, -0.2) is 10.2 Å². The molecule has 0 N–H and O–H groups in total. The molecule has 2 aromatic rings. The molecule has 6 heteroatoms. The van der Waals surface area contributed by atoms with Crippen molar-refractivity contribution < 1.29 is 4.79 Å². The van der Waals surface area contributed by atoms with Crippen LogP contribution in [0.2, 0.25) is 8.67 Å². The van der Waals surface area contributed by atoms with Gasteiger partial charge in [-0.15, -0.1) is 11.3 Å². The summed E-state index contributed by atoms with van der Waals surface area (Å²) in [5.41, 5.74) is 1.29. The average Bonchev–Trinajstić information content (AvgIpc) is 2.71. The first kappa shape index (κ1) is 11.1. The number of halogens is 2. The number of carbonyl (C=O) groups is 1. The molecule has 0 aromatic carbocycles. The number of carbonyl (C=O) groups excluding carboxylic acids is 1. The molecule has 0 bridgehead atoms. The van der Waals surface area contributed by atoms with Gasteiger partial charge in [0.2, 0.25) is 5.78 Å². The second kappa shape index (κ2) is 4.22. The number of nitrogens with zero attached hydrogens (tertiary/aromatic N) is 1. The second-order valence-electron chi connectivity index (χ2n) is 2.90. The maximum Gasteiger partial charge on any atom is 0.206 e. The highest BCUT2D eigenvalue weighted by molar-refractivity contribution is 7.20. The maximum atomic E-state index is 11.9. The minimum atomic E-state index is -0.117. The van der Waals surface area contributed by atoms with Gasteiger partial charge in [0, 0.05) is 0 Å². The van der Waals surface area contributed by atoms with Crippen molar-refractivity contribution in [3.8, 4) is 0 Å². The Morgan fingerprint density at radius 3 is 2.60 bits per heavy atom. The number of hydrogen-bond acceptors (Lipinski definition) is 4. The minimum absolute atomic E-state index is 0.117. The molecule has 2 aromatic heterocycles. The molecule has 2 nitrogen and oxygen atoms in total. The van der Waals surface area contributed by atoms with Crippen LogP contribution in [0.5, 0.6) is 0 Å². The number of aryl methyl sites for hydroxylation is 1. The first-order chi connectivity index (χ1) is 7.08.